The molecule has 0 bridgehead atoms. The maximum absolute atomic E-state index is 14.4. The van der Waals surface area contributed by atoms with Gasteiger partial charge in [0.2, 0.25) is 29.5 Å². The van der Waals surface area contributed by atoms with Gasteiger partial charge in [0.15, 0.2) is 0 Å². The lowest BCUT2D eigenvalue weighted by Crippen LogP contribution is -2.60. The highest BCUT2D eigenvalue weighted by Crippen LogP contribution is 2.30. The van der Waals surface area contributed by atoms with Crippen LogP contribution in [0.15, 0.2) is 30.3 Å². The predicted octanol–water partition coefficient (Wildman–Crippen LogP) is 3.75. The molecule has 0 aliphatic carbocycles. The molecule has 0 aromatic heterocycles. The number of rotatable bonds is 22. The fourth-order valence-electron chi connectivity index (χ4n) is 8.00. The topological polar surface area (TPSA) is 150 Å². The first kappa shape index (κ1) is 48.9. The van der Waals surface area contributed by atoms with Crippen LogP contribution in [0.3, 0.4) is 0 Å². The summed E-state index contributed by atoms with van der Waals surface area (Å²) < 4.78 is 12.0. The van der Waals surface area contributed by atoms with Crippen LogP contribution in [-0.4, -0.2) is 134 Å². The summed E-state index contributed by atoms with van der Waals surface area (Å²) in [6, 6.07) is 6.56. The zero-order chi connectivity index (χ0) is 42.4. The van der Waals surface area contributed by atoms with Crippen LogP contribution < -0.4 is 16.0 Å². The van der Waals surface area contributed by atoms with Crippen LogP contribution in [0.5, 0.6) is 0 Å². The minimum Gasteiger partial charge on any atom is -0.379 e. The molecule has 318 valence electrons. The van der Waals surface area contributed by atoms with E-state index >= 15 is 0 Å². The Hall–Kier alpha value is -3.20. The van der Waals surface area contributed by atoms with Gasteiger partial charge in [-0.05, 0) is 50.1 Å². The van der Waals surface area contributed by atoms with Crippen LogP contribution in [-0.2, 0) is 39.9 Å². The Labute approximate surface area is 342 Å². The highest BCUT2D eigenvalue weighted by Gasteiger charge is 2.43. The van der Waals surface area contributed by atoms with E-state index in [1.54, 1.807) is 30.9 Å². The number of benzene rings is 1. The number of hydrogen-bond donors (Lipinski definition) is 4. The molecule has 14 heteroatoms. The summed E-state index contributed by atoms with van der Waals surface area (Å²) in [6.45, 7) is 16.0. The lowest BCUT2D eigenvalue weighted by atomic mass is 9.89. The van der Waals surface area contributed by atoms with Gasteiger partial charge in [-0.25, -0.2) is 0 Å². The average Bonchev–Trinajstić information content (AvgIpc) is 3.65. The van der Waals surface area contributed by atoms with Crippen molar-refractivity contribution in [3.05, 3.63) is 35.9 Å². The Morgan fingerprint density at radius 2 is 1.52 bits per heavy atom. The van der Waals surface area contributed by atoms with Gasteiger partial charge in [-0.3, -0.25) is 28.9 Å². The van der Waals surface area contributed by atoms with E-state index in [0.29, 0.717) is 19.4 Å². The van der Waals surface area contributed by atoms with E-state index < -0.39 is 42.3 Å². The molecule has 2 rings (SSSR count). The fraction of sp³-hybridized carbons (Fsp3) is 0.738. The maximum Gasteiger partial charge on any atom is 0.245 e. The molecule has 1 aromatic rings. The molecule has 13 nitrogen and oxygen atoms in total. The van der Waals surface area contributed by atoms with Crippen LogP contribution in [0.4, 0.5) is 0 Å². The summed E-state index contributed by atoms with van der Waals surface area (Å²) in [5.74, 6) is -2.24. The number of thiol groups is 1. The van der Waals surface area contributed by atoms with E-state index in [9.17, 15) is 24.0 Å². The van der Waals surface area contributed by atoms with Gasteiger partial charge in [-0.15, -0.1) is 0 Å². The Bertz CT molecular complexity index is 1410. The molecule has 10 atom stereocenters. The Balaban J connectivity index is 2.30. The first-order chi connectivity index (χ1) is 26.4. The van der Waals surface area contributed by atoms with Crippen LogP contribution in [0.2, 0.25) is 0 Å². The quantitative estimate of drug-likeness (QED) is 0.102. The number of nitrogens with one attached hydrogen (secondary N) is 3. The van der Waals surface area contributed by atoms with Gasteiger partial charge >= 0.3 is 0 Å². The van der Waals surface area contributed by atoms with Gasteiger partial charge < -0.3 is 35.2 Å². The first-order valence-corrected chi connectivity index (χ1v) is 20.8. The smallest absolute Gasteiger partial charge is 0.245 e. The number of amides is 5. The number of methoxy groups -OCH3 is 2. The number of ether oxygens (including phenoxy) is 2. The molecule has 0 spiro atoms. The molecule has 0 radical (unpaired) electrons. The van der Waals surface area contributed by atoms with Gasteiger partial charge in [0.1, 0.15) is 12.1 Å². The van der Waals surface area contributed by atoms with Crippen LogP contribution in [0.25, 0.3) is 0 Å². The molecule has 3 unspecified atom stereocenters. The van der Waals surface area contributed by atoms with Crippen molar-refractivity contribution < 1.29 is 33.4 Å². The SMILES string of the molecule is CCC(C)[C@@H]([C@@H](CC(=O)N1CCC[C@H]1[C@H](OC)[C@@H](C)C(=O)NC(Cc1ccccc1)C(=O)NC)OC)N(C)C(=O)[C@@H](NC(=O)[C@H](C(C)C)N(C)C(C)S)C(C)C. The second-order valence-electron chi connectivity index (χ2n) is 16.2. The second kappa shape index (κ2) is 23.3. The summed E-state index contributed by atoms with van der Waals surface area (Å²) in [7, 11) is 8.21. The largest absolute Gasteiger partial charge is 0.379 e. The van der Waals surface area contributed by atoms with Crippen molar-refractivity contribution in [1.29, 1.82) is 0 Å². The van der Waals surface area contributed by atoms with Crippen molar-refractivity contribution in [2.45, 2.75) is 135 Å². The van der Waals surface area contributed by atoms with Crippen molar-refractivity contribution in [1.82, 2.24) is 30.7 Å². The Kier molecular flexibility index (Phi) is 20.3. The van der Waals surface area contributed by atoms with Gasteiger partial charge in [-0.1, -0.05) is 85.2 Å². The molecule has 1 aliphatic rings. The molecule has 1 heterocycles. The number of likely N-dealkylation sites (N-methyl/N-ethyl adjacent to an activating group) is 3. The molecule has 0 saturated carbocycles. The highest BCUT2D eigenvalue weighted by atomic mass is 32.1. The molecular weight excluding hydrogens is 733 g/mol. The van der Waals surface area contributed by atoms with Crippen molar-refractivity contribution >= 4 is 42.2 Å². The number of nitrogens with zero attached hydrogens (tertiary/aromatic N) is 3. The average molecular weight is 805 g/mol. The maximum atomic E-state index is 14.4. The number of likely N-dealkylation sites (tertiary alicyclic amines) is 1. The third kappa shape index (κ3) is 12.9. The number of carbonyl (C=O) groups is 5. The monoisotopic (exact) mass is 805 g/mol. The fourth-order valence-corrected chi connectivity index (χ4v) is 8.15. The molecule has 56 heavy (non-hydrogen) atoms. The number of carbonyl (C=O) groups excluding carboxylic acids is 5. The summed E-state index contributed by atoms with van der Waals surface area (Å²) in [5, 5.41) is 8.46. The first-order valence-electron chi connectivity index (χ1n) is 20.2. The minimum absolute atomic E-state index is 0.00517. The number of hydrogen-bond acceptors (Lipinski definition) is 9. The Morgan fingerprint density at radius 3 is 2.02 bits per heavy atom. The van der Waals surface area contributed by atoms with Crippen molar-refractivity contribution in [3.63, 3.8) is 0 Å². The van der Waals surface area contributed by atoms with E-state index in [0.717, 1.165) is 18.4 Å². The van der Waals surface area contributed by atoms with Crippen LogP contribution in [0.1, 0.15) is 86.6 Å². The van der Waals surface area contributed by atoms with Crippen molar-refractivity contribution in [2.24, 2.45) is 23.7 Å². The minimum atomic E-state index is -0.800. The zero-order valence-corrected chi connectivity index (χ0v) is 37.1. The molecule has 1 saturated heterocycles. The van der Waals surface area contributed by atoms with E-state index in [1.807, 2.05) is 90.7 Å². The van der Waals surface area contributed by atoms with Gasteiger partial charge in [0.05, 0.1) is 48.0 Å². The van der Waals surface area contributed by atoms with Crippen molar-refractivity contribution in [3.8, 4) is 0 Å². The van der Waals surface area contributed by atoms with E-state index in [4.69, 9.17) is 9.47 Å². The Morgan fingerprint density at radius 1 is 0.893 bits per heavy atom. The summed E-state index contributed by atoms with van der Waals surface area (Å²) in [6.07, 6.45) is 1.15. The summed E-state index contributed by atoms with van der Waals surface area (Å²) >= 11 is 4.54. The molecule has 5 amide bonds. The predicted molar refractivity (Wildman–Crippen MR) is 224 cm³/mol. The lowest BCUT2D eigenvalue weighted by Gasteiger charge is -2.41. The summed E-state index contributed by atoms with van der Waals surface area (Å²) in [4.78, 5) is 74.1. The standard InChI is InChI=1S/C42H72N6O7S/c1-14-27(6)37(47(11)42(53)35(25(2)3)45-41(52)36(26(4)5)46(10)29(8)56)33(54-12)24-34(49)48-22-18-21-32(48)38(55-13)28(7)39(50)44-31(40(51)43-9)23-30-19-16-15-17-20-30/h15-17,19-20,25-29,31-33,35-38,56H,14,18,21-24H2,1-13H3,(H,43,51)(H,44,50)(H,45,52)/t27?,28-,29?,31?,32+,33-,35+,36+,37+,38-/m1/s1. The zero-order valence-electron chi connectivity index (χ0n) is 36.2. The molecule has 3 N–H and O–H groups in total. The normalized spacial score (nSPS) is 19.4. The second-order valence-corrected chi connectivity index (χ2v) is 16.9. The molecule has 1 fully saturated rings. The van der Waals surface area contributed by atoms with Gasteiger partial charge in [-0.2, -0.15) is 12.6 Å². The highest BCUT2D eigenvalue weighted by molar-refractivity contribution is 7.80. The van der Waals surface area contributed by atoms with E-state index in [2.05, 4.69) is 28.6 Å². The van der Waals surface area contributed by atoms with Crippen molar-refractivity contribution in [2.75, 3.05) is 41.9 Å². The van der Waals surface area contributed by atoms with E-state index in [-0.39, 0.29) is 65.1 Å². The lowest BCUT2D eigenvalue weighted by molar-refractivity contribution is -0.148. The van der Waals surface area contributed by atoms with Crippen LogP contribution >= 0.6 is 12.6 Å². The summed E-state index contributed by atoms with van der Waals surface area (Å²) in [5.41, 5.74) is 0.914. The molecule has 1 aliphatic heterocycles. The van der Waals surface area contributed by atoms with Gasteiger partial charge in [0, 0.05) is 41.3 Å². The molecule has 1 aromatic carbocycles. The molecular formula is C42H72N6O7S. The van der Waals surface area contributed by atoms with Crippen LogP contribution in [0, 0.1) is 23.7 Å². The van der Waals surface area contributed by atoms with E-state index in [1.165, 1.54) is 14.2 Å². The van der Waals surface area contributed by atoms with Gasteiger partial charge in [0.25, 0.3) is 0 Å². The third-order valence-electron chi connectivity index (χ3n) is 11.6. The third-order valence-corrected chi connectivity index (χ3v) is 11.9.